The minimum Gasteiger partial charge on any atom is -0.452 e. The summed E-state index contributed by atoms with van der Waals surface area (Å²) < 4.78 is 5.77. The summed E-state index contributed by atoms with van der Waals surface area (Å²) in [7, 11) is 0. The molecule has 4 fully saturated rings. The smallest absolute Gasteiger partial charge is 0.312 e. The summed E-state index contributed by atoms with van der Waals surface area (Å²) in [4.78, 5) is 37.1. The molecule has 4 bridgehead atoms. The van der Waals surface area contributed by atoms with Crippen molar-refractivity contribution in [3.05, 3.63) is 69.3 Å². The fourth-order valence-corrected chi connectivity index (χ4v) is 7.22. The molecule has 2 aromatic rings. The van der Waals surface area contributed by atoms with Gasteiger partial charge in [0.05, 0.1) is 10.3 Å². The summed E-state index contributed by atoms with van der Waals surface area (Å²) >= 11 is 0. The van der Waals surface area contributed by atoms with Gasteiger partial charge in [0, 0.05) is 6.07 Å². The van der Waals surface area contributed by atoms with Gasteiger partial charge >= 0.3 is 5.97 Å². The first-order valence-corrected chi connectivity index (χ1v) is 12.4. The fourth-order valence-electron chi connectivity index (χ4n) is 7.22. The summed E-state index contributed by atoms with van der Waals surface area (Å²) in [6.07, 6.45) is 4.71. The highest BCUT2D eigenvalue weighted by molar-refractivity contribution is 5.97. The molecule has 7 nitrogen and oxygen atoms in total. The molecular formula is C28H32N2O5. The van der Waals surface area contributed by atoms with E-state index in [0.29, 0.717) is 11.8 Å². The minimum absolute atomic E-state index is 0.0162. The van der Waals surface area contributed by atoms with E-state index in [2.05, 4.69) is 37.4 Å². The van der Waals surface area contributed by atoms with Crippen molar-refractivity contribution < 1.29 is 19.2 Å². The summed E-state index contributed by atoms with van der Waals surface area (Å²) in [6, 6.07) is 12.7. The van der Waals surface area contributed by atoms with Crippen LogP contribution in [0.1, 0.15) is 62.1 Å². The van der Waals surface area contributed by atoms with Gasteiger partial charge in [0.25, 0.3) is 11.6 Å². The average molecular weight is 477 g/mol. The van der Waals surface area contributed by atoms with Crippen LogP contribution in [0, 0.1) is 41.2 Å². The lowest BCUT2D eigenvalue weighted by atomic mass is 9.43. The van der Waals surface area contributed by atoms with Crippen LogP contribution in [0.5, 0.6) is 0 Å². The molecular weight excluding hydrogens is 444 g/mol. The SMILES string of the molecule is Cc1ccc(C23C[C@H]4C[C@@H](CC(C(=O)O[C@H](C)C(=O)Nc5ccccc5[N+](=O)[O-])(C4)C2)C3)cc1C. The molecule has 0 aromatic heterocycles. The van der Waals surface area contributed by atoms with Gasteiger partial charge in [0.15, 0.2) is 6.10 Å². The number of hydrogen-bond acceptors (Lipinski definition) is 5. The van der Waals surface area contributed by atoms with Crippen molar-refractivity contribution in [2.24, 2.45) is 17.3 Å². The third-order valence-corrected chi connectivity index (χ3v) is 8.63. The number of anilines is 1. The molecule has 0 saturated heterocycles. The lowest BCUT2D eigenvalue weighted by molar-refractivity contribution is -0.383. The van der Waals surface area contributed by atoms with Gasteiger partial charge in [-0.1, -0.05) is 30.3 Å². The highest BCUT2D eigenvalue weighted by atomic mass is 16.6. The van der Waals surface area contributed by atoms with Gasteiger partial charge in [-0.25, -0.2) is 0 Å². The normalized spacial score (nSPS) is 29.5. The first-order chi connectivity index (χ1) is 16.6. The number of benzene rings is 2. The lowest BCUT2D eigenvalue weighted by Gasteiger charge is -2.61. The maximum Gasteiger partial charge on any atom is 0.312 e. The first kappa shape index (κ1) is 23.5. The van der Waals surface area contributed by atoms with Gasteiger partial charge in [-0.2, -0.15) is 0 Å². The van der Waals surface area contributed by atoms with Gasteiger partial charge in [-0.3, -0.25) is 19.7 Å². The van der Waals surface area contributed by atoms with Gasteiger partial charge in [-0.15, -0.1) is 0 Å². The number of carbonyl (C=O) groups excluding carboxylic acids is 2. The molecule has 0 aliphatic heterocycles. The van der Waals surface area contributed by atoms with Crippen LogP contribution in [-0.4, -0.2) is 22.9 Å². The fraction of sp³-hybridized carbons (Fsp3) is 0.500. The second kappa shape index (κ2) is 8.47. The monoisotopic (exact) mass is 476 g/mol. The Morgan fingerprint density at radius 3 is 2.40 bits per heavy atom. The minimum atomic E-state index is -1.05. The Morgan fingerprint density at radius 1 is 1.06 bits per heavy atom. The zero-order valence-electron chi connectivity index (χ0n) is 20.5. The van der Waals surface area contributed by atoms with Crippen LogP contribution in [0.3, 0.4) is 0 Å². The van der Waals surface area contributed by atoms with Crippen LogP contribution >= 0.6 is 0 Å². The van der Waals surface area contributed by atoms with E-state index in [1.165, 1.54) is 41.8 Å². The number of rotatable bonds is 6. The molecule has 184 valence electrons. The molecule has 1 N–H and O–H groups in total. The van der Waals surface area contributed by atoms with E-state index in [0.717, 1.165) is 38.5 Å². The number of ether oxygens (including phenoxy) is 1. The van der Waals surface area contributed by atoms with Crippen molar-refractivity contribution in [1.29, 1.82) is 0 Å². The zero-order valence-corrected chi connectivity index (χ0v) is 20.5. The van der Waals surface area contributed by atoms with E-state index in [9.17, 15) is 19.7 Å². The maximum absolute atomic E-state index is 13.6. The number of para-hydroxylation sites is 2. The van der Waals surface area contributed by atoms with Crippen molar-refractivity contribution in [3.63, 3.8) is 0 Å². The molecule has 0 unspecified atom stereocenters. The molecule has 4 aliphatic rings. The van der Waals surface area contributed by atoms with E-state index in [-0.39, 0.29) is 22.8 Å². The number of nitrogens with one attached hydrogen (secondary N) is 1. The number of aryl methyl sites for hydroxylation is 2. The zero-order chi connectivity index (χ0) is 25.0. The quantitative estimate of drug-likeness (QED) is 0.331. The first-order valence-electron chi connectivity index (χ1n) is 12.4. The number of nitro benzene ring substituents is 1. The predicted molar refractivity (Wildman–Crippen MR) is 132 cm³/mol. The Bertz CT molecular complexity index is 1190. The topological polar surface area (TPSA) is 98.5 Å². The maximum atomic E-state index is 13.6. The second-order valence-corrected chi connectivity index (χ2v) is 11.1. The van der Waals surface area contributed by atoms with Crippen molar-refractivity contribution in [2.45, 2.75) is 70.8 Å². The van der Waals surface area contributed by atoms with Gasteiger partial charge < -0.3 is 10.1 Å². The molecule has 4 aliphatic carbocycles. The number of esters is 1. The van der Waals surface area contributed by atoms with Crippen molar-refractivity contribution >= 4 is 23.3 Å². The molecule has 35 heavy (non-hydrogen) atoms. The highest BCUT2D eigenvalue weighted by Crippen LogP contribution is 2.66. The third kappa shape index (κ3) is 4.11. The Hall–Kier alpha value is -3.22. The predicted octanol–water partition coefficient (Wildman–Crippen LogP) is 5.62. The molecule has 7 heteroatoms. The number of hydrogen-bond donors (Lipinski definition) is 1. The van der Waals surface area contributed by atoms with Crippen LogP contribution in [0.4, 0.5) is 11.4 Å². The molecule has 2 aromatic carbocycles. The molecule has 0 radical (unpaired) electrons. The molecule has 1 amide bonds. The van der Waals surface area contributed by atoms with E-state index >= 15 is 0 Å². The Balaban J connectivity index is 1.34. The number of carbonyl (C=O) groups is 2. The second-order valence-electron chi connectivity index (χ2n) is 11.1. The molecule has 3 atom stereocenters. The van der Waals surface area contributed by atoms with Gasteiger partial charge in [0.1, 0.15) is 5.69 Å². The van der Waals surface area contributed by atoms with Crippen molar-refractivity contribution in [2.75, 3.05) is 5.32 Å². The third-order valence-electron chi connectivity index (χ3n) is 8.63. The van der Waals surface area contributed by atoms with Crippen LogP contribution in [0.2, 0.25) is 0 Å². The molecule has 6 rings (SSSR count). The van der Waals surface area contributed by atoms with Crippen molar-refractivity contribution in [3.8, 4) is 0 Å². The van der Waals surface area contributed by atoms with Crippen LogP contribution < -0.4 is 5.32 Å². The summed E-state index contributed by atoms with van der Waals surface area (Å²) in [5.41, 5.74) is 3.17. The number of amides is 1. The Morgan fingerprint density at radius 2 is 1.74 bits per heavy atom. The highest BCUT2D eigenvalue weighted by Gasteiger charge is 2.61. The van der Waals surface area contributed by atoms with E-state index < -0.39 is 22.3 Å². The largest absolute Gasteiger partial charge is 0.452 e. The summed E-state index contributed by atoms with van der Waals surface area (Å²) in [5.74, 6) is 0.106. The van der Waals surface area contributed by atoms with Gasteiger partial charge in [-0.05, 0) is 99.3 Å². The Kier molecular flexibility index (Phi) is 5.69. The number of nitro groups is 1. The molecule has 0 heterocycles. The standard InChI is InChI=1S/C28H32N2O5/c1-17-8-9-22(10-18(17)2)27-12-20-11-21(13-27)15-28(14-20,16-27)26(32)35-19(3)25(31)29-23-6-4-5-7-24(23)30(33)34/h4-10,19-21H,11-16H2,1-3H3,(H,29,31)/t19-,20-,21-,27?,28?/m1/s1. The van der Waals surface area contributed by atoms with E-state index in [1.54, 1.807) is 6.07 Å². The Labute approximate surface area is 205 Å². The van der Waals surface area contributed by atoms with E-state index in [1.807, 2.05) is 0 Å². The summed E-state index contributed by atoms with van der Waals surface area (Å²) in [5, 5.41) is 13.8. The average Bonchev–Trinajstić information content (AvgIpc) is 2.80. The van der Waals surface area contributed by atoms with Crippen molar-refractivity contribution in [1.82, 2.24) is 0 Å². The lowest BCUT2D eigenvalue weighted by Crippen LogP contribution is -2.57. The van der Waals surface area contributed by atoms with E-state index in [4.69, 9.17) is 4.74 Å². The van der Waals surface area contributed by atoms with Crippen LogP contribution in [0.25, 0.3) is 0 Å². The summed E-state index contributed by atoms with van der Waals surface area (Å²) in [6.45, 7) is 5.79. The molecule has 0 spiro atoms. The van der Waals surface area contributed by atoms with Crippen LogP contribution in [0.15, 0.2) is 42.5 Å². The van der Waals surface area contributed by atoms with Gasteiger partial charge in [0.2, 0.25) is 0 Å². The van der Waals surface area contributed by atoms with Crippen LogP contribution in [-0.2, 0) is 19.7 Å². The molecule has 4 saturated carbocycles. The number of nitrogens with zero attached hydrogens (tertiary/aromatic N) is 1.